The van der Waals surface area contributed by atoms with E-state index in [4.69, 9.17) is 0 Å². The molecule has 0 aliphatic heterocycles. The van der Waals surface area contributed by atoms with Crippen LogP contribution in [0.25, 0.3) is 0 Å². The van der Waals surface area contributed by atoms with Gasteiger partial charge in [-0.2, -0.15) is 13.2 Å². The SMILES string of the molecule is CC(=O)Nc1ccc(NC(=O)NCc2ccc(NC(=O)C(C)C)cc2)c(C(F)(F)F)c1. The quantitative estimate of drug-likeness (QED) is 0.533. The monoisotopic (exact) mass is 436 g/mol. The summed E-state index contributed by atoms with van der Waals surface area (Å²) in [5, 5.41) is 9.66. The molecule has 0 atom stereocenters. The lowest BCUT2D eigenvalue weighted by molar-refractivity contribution is -0.137. The van der Waals surface area contributed by atoms with Crippen LogP contribution in [0.3, 0.4) is 0 Å². The number of carbonyl (C=O) groups excluding carboxylic acids is 3. The van der Waals surface area contributed by atoms with E-state index in [1.807, 2.05) is 0 Å². The minimum Gasteiger partial charge on any atom is -0.334 e. The molecule has 4 N–H and O–H groups in total. The van der Waals surface area contributed by atoms with Gasteiger partial charge in [-0.1, -0.05) is 26.0 Å². The first-order chi connectivity index (χ1) is 14.5. The fraction of sp³-hybridized carbons (Fsp3) is 0.286. The summed E-state index contributed by atoms with van der Waals surface area (Å²) in [6, 6.07) is 8.95. The first-order valence-electron chi connectivity index (χ1n) is 9.39. The number of rotatable bonds is 6. The molecule has 166 valence electrons. The number of halogens is 3. The van der Waals surface area contributed by atoms with Crippen LogP contribution in [0, 0.1) is 5.92 Å². The highest BCUT2D eigenvalue weighted by molar-refractivity contribution is 5.93. The molecule has 10 heteroatoms. The summed E-state index contributed by atoms with van der Waals surface area (Å²) in [6.45, 7) is 4.78. The van der Waals surface area contributed by atoms with Gasteiger partial charge in [-0.25, -0.2) is 4.79 Å². The van der Waals surface area contributed by atoms with Crippen molar-refractivity contribution in [3.05, 3.63) is 53.6 Å². The maximum atomic E-state index is 13.3. The normalized spacial score (nSPS) is 11.1. The Morgan fingerprint density at radius 3 is 2.06 bits per heavy atom. The molecular formula is C21H23F3N4O3. The van der Waals surface area contributed by atoms with Crippen molar-refractivity contribution >= 4 is 34.9 Å². The van der Waals surface area contributed by atoms with Gasteiger partial charge in [0, 0.05) is 30.8 Å². The van der Waals surface area contributed by atoms with Crippen LogP contribution < -0.4 is 21.3 Å². The van der Waals surface area contributed by atoms with Crippen LogP contribution in [-0.2, 0) is 22.3 Å². The first kappa shape index (κ1) is 23.7. The summed E-state index contributed by atoms with van der Waals surface area (Å²) in [5.74, 6) is -0.810. The van der Waals surface area contributed by atoms with Crippen molar-refractivity contribution in [3.63, 3.8) is 0 Å². The minimum absolute atomic E-state index is 0.0320. The molecule has 2 aromatic rings. The Kier molecular flexibility index (Phi) is 7.62. The number of carbonyl (C=O) groups is 3. The number of nitrogens with one attached hydrogen (secondary N) is 4. The maximum Gasteiger partial charge on any atom is 0.418 e. The molecule has 31 heavy (non-hydrogen) atoms. The smallest absolute Gasteiger partial charge is 0.334 e. The van der Waals surface area contributed by atoms with Gasteiger partial charge in [-0.05, 0) is 35.9 Å². The van der Waals surface area contributed by atoms with Gasteiger partial charge in [0.2, 0.25) is 11.8 Å². The van der Waals surface area contributed by atoms with E-state index in [1.54, 1.807) is 38.1 Å². The van der Waals surface area contributed by atoms with E-state index in [2.05, 4.69) is 21.3 Å². The summed E-state index contributed by atoms with van der Waals surface area (Å²) < 4.78 is 40.0. The first-order valence-corrected chi connectivity index (χ1v) is 9.39. The number of benzene rings is 2. The molecular weight excluding hydrogens is 413 g/mol. The fourth-order valence-electron chi connectivity index (χ4n) is 2.51. The Labute approximate surface area is 177 Å². The van der Waals surface area contributed by atoms with Crippen molar-refractivity contribution < 1.29 is 27.6 Å². The topological polar surface area (TPSA) is 99.3 Å². The molecule has 2 rings (SSSR count). The van der Waals surface area contributed by atoms with Crippen molar-refractivity contribution in [1.82, 2.24) is 5.32 Å². The predicted octanol–water partition coefficient (Wildman–Crippen LogP) is 4.58. The molecule has 7 nitrogen and oxygen atoms in total. The van der Waals surface area contributed by atoms with Gasteiger partial charge in [0.25, 0.3) is 0 Å². The summed E-state index contributed by atoms with van der Waals surface area (Å²) in [7, 11) is 0. The third-order valence-corrected chi connectivity index (χ3v) is 4.09. The van der Waals surface area contributed by atoms with Crippen molar-refractivity contribution in [2.45, 2.75) is 33.5 Å². The van der Waals surface area contributed by atoms with Gasteiger partial charge in [-0.15, -0.1) is 0 Å². The van der Waals surface area contributed by atoms with Gasteiger partial charge in [0.1, 0.15) is 0 Å². The zero-order valence-electron chi connectivity index (χ0n) is 17.2. The second kappa shape index (κ2) is 9.96. The molecule has 0 aliphatic rings. The van der Waals surface area contributed by atoms with Gasteiger partial charge in [-0.3, -0.25) is 9.59 Å². The van der Waals surface area contributed by atoms with Crippen LogP contribution in [0.15, 0.2) is 42.5 Å². The highest BCUT2D eigenvalue weighted by atomic mass is 19.4. The number of hydrogen-bond acceptors (Lipinski definition) is 3. The molecule has 0 heterocycles. The Hall–Kier alpha value is -3.56. The average Bonchev–Trinajstić information content (AvgIpc) is 2.67. The largest absolute Gasteiger partial charge is 0.418 e. The molecule has 0 radical (unpaired) electrons. The van der Waals surface area contributed by atoms with E-state index in [-0.39, 0.29) is 24.1 Å². The highest BCUT2D eigenvalue weighted by Crippen LogP contribution is 2.36. The van der Waals surface area contributed by atoms with Gasteiger partial charge in [0.15, 0.2) is 0 Å². The zero-order chi connectivity index (χ0) is 23.2. The van der Waals surface area contributed by atoms with E-state index in [9.17, 15) is 27.6 Å². The van der Waals surface area contributed by atoms with Crippen molar-refractivity contribution in [1.29, 1.82) is 0 Å². The van der Waals surface area contributed by atoms with E-state index >= 15 is 0 Å². The lowest BCUT2D eigenvalue weighted by Crippen LogP contribution is -2.29. The molecule has 0 fully saturated rings. The zero-order valence-corrected chi connectivity index (χ0v) is 17.2. The molecule has 0 aromatic heterocycles. The predicted molar refractivity (Wildman–Crippen MR) is 112 cm³/mol. The number of amides is 4. The van der Waals surface area contributed by atoms with Crippen LogP contribution in [0.4, 0.5) is 35.0 Å². The van der Waals surface area contributed by atoms with E-state index in [1.165, 1.54) is 13.0 Å². The summed E-state index contributed by atoms with van der Waals surface area (Å²) in [6.07, 6.45) is -4.73. The van der Waals surface area contributed by atoms with Crippen molar-refractivity contribution in [2.24, 2.45) is 5.92 Å². The summed E-state index contributed by atoms with van der Waals surface area (Å²) in [5.41, 5.74) is -0.267. The van der Waals surface area contributed by atoms with Crippen molar-refractivity contribution in [2.75, 3.05) is 16.0 Å². The average molecular weight is 436 g/mol. The highest BCUT2D eigenvalue weighted by Gasteiger charge is 2.34. The van der Waals surface area contributed by atoms with Crippen LogP contribution in [-0.4, -0.2) is 17.8 Å². The number of alkyl halides is 3. The number of urea groups is 1. The number of anilines is 3. The van der Waals surface area contributed by atoms with Crippen LogP contribution >= 0.6 is 0 Å². The van der Waals surface area contributed by atoms with Crippen LogP contribution in [0.5, 0.6) is 0 Å². The lowest BCUT2D eigenvalue weighted by atomic mass is 10.1. The minimum atomic E-state index is -4.73. The van der Waals surface area contributed by atoms with Crippen LogP contribution in [0.1, 0.15) is 31.9 Å². The third kappa shape index (κ3) is 7.32. The molecule has 0 aliphatic carbocycles. The Bertz CT molecular complexity index is 957. The standard InChI is InChI=1S/C21H23F3N4O3/c1-12(2)19(30)27-15-6-4-14(5-7-15)11-25-20(31)28-18-9-8-16(26-13(3)29)10-17(18)21(22,23)24/h4-10,12H,11H2,1-3H3,(H,26,29)(H,27,30)(H2,25,28,31). The third-order valence-electron chi connectivity index (χ3n) is 4.09. The molecule has 0 saturated heterocycles. The molecule has 0 unspecified atom stereocenters. The molecule has 0 saturated carbocycles. The van der Waals surface area contributed by atoms with E-state index < -0.39 is 29.4 Å². The molecule has 0 bridgehead atoms. The molecule has 0 spiro atoms. The van der Waals surface area contributed by atoms with Gasteiger partial charge >= 0.3 is 12.2 Å². The number of hydrogen-bond donors (Lipinski definition) is 4. The Morgan fingerprint density at radius 2 is 1.52 bits per heavy atom. The fourth-order valence-corrected chi connectivity index (χ4v) is 2.51. The van der Waals surface area contributed by atoms with Crippen LogP contribution in [0.2, 0.25) is 0 Å². The maximum absolute atomic E-state index is 13.3. The van der Waals surface area contributed by atoms with E-state index in [0.29, 0.717) is 11.3 Å². The van der Waals surface area contributed by atoms with Gasteiger partial charge < -0.3 is 21.3 Å². The second-order valence-corrected chi connectivity index (χ2v) is 7.09. The second-order valence-electron chi connectivity index (χ2n) is 7.09. The van der Waals surface area contributed by atoms with Crippen molar-refractivity contribution in [3.8, 4) is 0 Å². The summed E-state index contributed by atoms with van der Waals surface area (Å²) >= 11 is 0. The Balaban J connectivity index is 2.01. The molecule has 2 aromatic carbocycles. The van der Waals surface area contributed by atoms with E-state index in [0.717, 1.165) is 12.1 Å². The Morgan fingerprint density at radius 1 is 0.903 bits per heavy atom. The molecule has 4 amide bonds. The van der Waals surface area contributed by atoms with Gasteiger partial charge in [0.05, 0.1) is 11.3 Å². The summed E-state index contributed by atoms with van der Waals surface area (Å²) in [4.78, 5) is 34.8. The lowest BCUT2D eigenvalue weighted by Gasteiger charge is -2.16.